The summed E-state index contributed by atoms with van der Waals surface area (Å²) in [4.78, 5) is 27.5. The lowest BCUT2D eigenvalue weighted by Gasteiger charge is -2.25. The Bertz CT molecular complexity index is 456. The predicted molar refractivity (Wildman–Crippen MR) is 61.8 cm³/mol. The van der Waals surface area contributed by atoms with Gasteiger partial charge in [0.15, 0.2) is 0 Å². The van der Waals surface area contributed by atoms with Crippen LogP contribution in [0, 0.1) is 0 Å². The summed E-state index contributed by atoms with van der Waals surface area (Å²) in [5.41, 5.74) is 2.29. The third kappa shape index (κ3) is 2.30. The number of hydroxylamine groups is 2. The molecule has 4 nitrogen and oxygen atoms in total. The molecule has 90 valence electrons. The number of carbonyl (C=O) groups excluding carboxylic acids is 2. The lowest BCUT2D eigenvalue weighted by molar-refractivity contribution is -0.205. The van der Waals surface area contributed by atoms with E-state index in [0.717, 1.165) is 18.4 Å². The first kappa shape index (κ1) is 11.6. The van der Waals surface area contributed by atoms with Gasteiger partial charge in [0, 0.05) is 13.8 Å². The van der Waals surface area contributed by atoms with Gasteiger partial charge in [-0.1, -0.05) is 24.3 Å². The number of aryl methyl sites for hydroxylation is 1. The number of carbonyl (C=O) groups is 2. The maximum atomic E-state index is 11.5. The van der Waals surface area contributed by atoms with E-state index in [4.69, 9.17) is 4.84 Å². The number of benzene rings is 1. The van der Waals surface area contributed by atoms with Crippen LogP contribution in [0.2, 0.25) is 0 Å². The van der Waals surface area contributed by atoms with E-state index in [2.05, 4.69) is 0 Å². The van der Waals surface area contributed by atoms with Gasteiger partial charge in [0.25, 0.3) is 5.91 Å². The zero-order chi connectivity index (χ0) is 12.4. The predicted octanol–water partition coefficient (Wildman–Crippen LogP) is 2.00. The van der Waals surface area contributed by atoms with Crippen LogP contribution >= 0.6 is 0 Å². The largest absolute Gasteiger partial charge is 0.338 e. The van der Waals surface area contributed by atoms with E-state index in [1.807, 2.05) is 24.3 Å². The molecule has 0 bridgehead atoms. The minimum absolute atomic E-state index is 0.146. The van der Waals surface area contributed by atoms with Crippen LogP contribution < -0.4 is 0 Å². The summed E-state index contributed by atoms with van der Waals surface area (Å²) >= 11 is 0. The molecular weight excluding hydrogens is 218 g/mol. The summed E-state index contributed by atoms with van der Waals surface area (Å²) < 4.78 is 0. The van der Waals surface area contributed by atoms with Gasteiger partial charge in [-0.05, 0) is 24.0 Å². The van der Waals surface area contributed by atoms with Crippen LogP contribution in [0.5, 0.6) is 0 Å². The molecule has 1 unspecified atom stereocenters. The van der Waals surface area contributed by atoms with Crippen molar-refractivity contribution in [2.75, 3.05) is 0 Å². The maximum absolute atomic E-state index is 11.5. The molecule has 0 aromatic heterocycles. The lowest BCUT2D eigenvalue weighted by Crippen LogP contribution is -2.33. The van der Waals surface area contributed by atoms with Gasteiger partial charge in [0.1, 0.15) is 0 Å². The molecule has 1 aliphatic rings. The molecule has 2 rings (SSSR count). The monoisotopic (exact) mass is 233 g/mol. The van der Waals surface area contributed by atoms with Crippen LogP contribution in [0.4, 0.5) is 0 Å². The topological polar surface area (TPSA) is 46.6 Å². The average molecular weight is 233 g/mol. The van der Waals surface area contributed by atoms with Crippen molar-refractivity contribution in [3.05, 3.63) is 35.4 Å². The zero-order valence-electron chi connectivity index (χ0n) is 9.97. The molecule has 0 spiro atoms. The summed E-state index contributed by atoms with van der Waals surface area (Å²) in [6, 6.07) is 7.79. The van der Waals surface area contributed by atoms with Crippen molar-refractivity contribution >= 4 is 11.9 Å². The number of nitrogens with zero attached hydrogens (tertiary/aromatic N) is 1. The molecule has 0 radical (unpaired) electrons. The molecule has 0 fully saturated rings. The van der Waals surface area contributed by atoms with Crippen molar-refractivity contribution in [3.63, 3.8) is 0 Å². The first-order valence-corrected chi connectivity index (χ1v) is 5.65. The number of amides is 1. The van der Waals surface area contributed by atoms with Crippen molar-refractivity contribution in [2.45, 2.75) is 32.7 Å². The van der Waals surface area contributed by atoms with Crippen molar-refractivity contribution in [3.8, 4) is 0 Å². The molecule has 0 N–H and O–H groups in total. The van der Waals surface area contributed by atoms with Gasteiger partial charge >= 0.3 is 5.97 Å². The summed E-state index contributed by atoms with van der Waals surface area (Å²) in [7, 11) is 0. The Kier molecular flexibility index (Phi) is 3.13. The van der Waals surface area contributed by atoms with Gasteiger partial charge in [-0.25, -0.2) is 0 Å². The second kappa shape index (κ2) is 4.57. The fourth-order valence-electron chi connectivity index (χ4n) is 2.26. The third-order valence-electron chi connectivity index (χ3n) is 2.92. The third-order valence-corrected chi connectivity index (χ3v) is 2.92. The fourth-order valence-corrected chi connectivity index (χ4v) is 2.26. The Morgan fingerprint density at radius 1 is 1.29 bits per heavy atom. The number of fused-ring (bicyclic) bond motifs is 1. The minimum atomic E-state index is -0.468. The lowest BCUT2D eigenvalue weighted by atomic mass is 10.1. The molecule has 1 amide bonds. The normalized spacial score (nSPS) is 17.4. The second-order valence-corrected chi connectivity index (χ2v) is 4.18. The molecule has 1 aromatic carbocycles. The highest BCUT2D eigenvalue weighted by Crippen LogP contribution is 2.35. The molecule has 0 heterocycles. The second-order valence-electron chi connectivity index (χ2n) is 4.18. The fraction of sp³-hybridized carbons (Fsp3) is 0.385. The van der Waals surface area contributed by atoms with Crippen LogP contribution in [0.15, 0.2) is 24.3 Å². The van der Waals surface area contributed by atoms with Crippen LogP contribution in [0.1, 0.15) is 37.4 Å². The van der Waals surface area contributed by atoms with E-state index in [9.17, 15) is 9.59 Å². The van der Waals surface area contributed by atoms with E-state index >= 15 is 0 Å². The van der Waals surface area contributed by atoms with Gasteiger partial charge in [0.05, 0.1) is 6.04 Å². The Morgan fingerprint density at radius 3 is 2.65 bits per heavy atom. The Labute approximate surface area is 100 Å². The molecule has 0 saturated carbocycles. The van der Waals surface area contributed by atoms with Gasteiger partial charge < -0.3 is 4.84 Å². The maximum Gasteiger partial charge on any atom is 0.329 e. The highest BCUT2D eigenvalue weighted by Gasteiger charge is 2.31. The molecule has 1 atom stereocenters. The average Bonchev–Trinajstić information content (AvgIpc) is 2.69. The minimum Gasteiger partial charge on any atom is -0.338 e. The van der Waals surface area contributed by atoms with Crippen molar-refractivity contribution < 1.29 is 14.4 Å². The Balaban J connectivity index is 2.27. The van der Waals surface area contributed by atoms with Crippen molar-refractivity contribution in [1.29, 1.82) is 0 Å². The van der Waals surface area contributed by atoms with E-state index < -0.39 is 5.97 Å². The van der Waals surface area contributed by atoms with Crippen molar-refractivity contribution in [1.82, 2.24) is 5.06 Å². The van der Waals surface area contributed by atoms with Crippen LogP contribution in [-0.2, 0) is 20.8 Å². The SMILES string of the molecule is CC(=O)ON(C(C)=O)C1CCc2ccccc21. The van der Waals surface area contributed by atoms with Crippen LogP contribution in [0.25, 0.3) is 0 Å². The zero-order valence-corrected chi connectivity index (χ0v) is 9.97. The van der Waals surface area contributed by atoms with E-state index in [1.54, 1.807) is 0 Å². The van der Waals surface area contributed by atoms with E-state index in [0.29, 0.717) is 0 Å². The first-order chi connectivity index (χ1) is 8.09. The smallest absolute Gasteiger partial charge is 0.329 e. The summed E-state index contributed by atoms with van der Waals surface area (Å²) in [6.45, 7) is 2.71. The Morgan fingerprint density at radius 2 is 2.00 bits per heavy atom. The van der Waals surface area contributed by atoms with E-state index in [-0.39, 0.29) is 11.9 Å². The molecule has 0 saturated heterocycles. The number of hydrogen-bond acceptors (Lipinski definition) is 3. The summed E-state index contributed by atoms with van der Waals surface area (Å²) in [6.07, 6.45) is 1.71. The van der Waals surface area contributed by atoms with Gasteiger partial charge in [-0.15, -0.1) is 0 Å². The molecule has 1 aliphatic carbocycles. The first-order valence-electron chi connectivity index (χ1n) is 5.65. The van der Waals surface area contributed by atoms with Gasteiger partial charge in [-0.3, -0.25) is 9.59 Å². The van der Waals surface area contributed by atoms with Gasteiger partial charge in [-0.2, -0.15) is 5.06 Å². The van der Waals surface area contributed by atoms with Crippen LogP contribution in [-0.4, -0.2) is 16.9 Å². The van der Waals surface area contributed by atoms with Crippen molar-refractivity contribution in [2.24, 2.45) is 0 Å². The highest BCUT2D eigenvalue weighted by molar-refractivity contribution is 5.75. The molecule has 17 heavy (non-hydrogen) atoms. The number of hydrogen-bond donors (Lipinski definition) is 0. The van der Waals surface area contributed by atoms with Crippen LogP contribution in [0.3, 0.4) is 0 Å². The van der Waals surface area contributed by atoms with Gasteiger partial charge in [0.2, 0.25) is 0 Å². The molecular formula is C13H15NO3. The molecule has 1 aromatic rings. The summed E-state index contributed by atoms with van der Waals surface area (Å²) in [5, 5.41) is 1.19. The molecule has 0 aliphatic heterocycles. The standard InChI is InChI=1S/C13H15NO3/c1-9(15)14(17-10(2)16)13-8-7-11-5-3-4-6-12(11)13/h3-6,13H,7-8H2,1-2H3. The molecule has 4 heteroatoms. The highest BCUT2D eigenvalue weighted by atomic mass is 16.7. The summed E-state index contributed by atoms with van der Waals surface area (Å²) in [5.74, 6) is -0.716. The van der Waals surface area contributed by atoms with E-state index in [1.165, 1.54) is 24.5 Å². The Hall–Kier alpha value is -1.84. The number of rotatable bonds is 1. The quantitative estimate of drug-likeness (QED) is 0.697.